The molecule has 1 fully saturated rings. The van der Waals surface area contributed by atoms with Gasteiger partial charge in [0.05, 0.1) is 22.0 Å². The Balaban J connectivity index is 1.69. The Labute approximate surface area is 248 Å². The van der Waals surface area contributed by atoms with Crippen molar-refractivity contribution in [3.8, 4) is 17.1 Å². The number of rotatable bonds is 4. The number of nitrogens with two attached hydrogens (primary N) is 1. The van der Waals surface area contributed by atoms with E-state index in [1.165, 1.54) is 35.2 Å². The molecule has 0 radical (unpaired) electrons. The smallest absolute Gasteiger partial charge is 0.394 e. The van der Waals surface area contributed by atoms with Crippen LogP contribution in [0.25, 0.3) is 11.3 Å². The van der Waals surface area contributed by atoms with Gasteiger partial charge in [-0.05, 0) is 62.4 Å². The lowest BCUT2D eigenvalue weighted by Crippen LogP contribution is -2.59. The van der Waals surface area contributed by atoms with E-state index in [2.05, 4.69) is 14.7 Å². The molecule has 0 spiro atoms. The van der Waals surface area contributed by atoms with Crippen LogP contribution in [0.4, 0.5) is 19.1 Å². The number of aromatic nitrogens is 2. The lowest BCUT2D eigenvalue weighted by Gasteiger charge is -2.47. The molecule has 1 amide bonds. The van der Waals surface area contributed by atoms with Crippen LogP contribution in [0.3, 0.4) is 0 Å². The fraction of sp³-hybridized carbons (Fsp3) is 0.433. The first-order valence-electron chi connectivity index (χ1n) is 13.9. The lowest BCUT2D eigenvalue weighted by molar-refractivity contribution is -0.218. The van der Waals surface area contributed by atoms with E-state index in [0.29, 0.717) is 18.5 Å². The maximum atomic E-state index is 14.2. The third-order valence-electron chi connectivity index (χ3n) is 8.16. The van der Waals surface area contributed by atoms with Crippen LogP contribution in [0.2, 0.25) is 0 Å². The number of aryl methyl sites for hydroxylation is 2. The summed E-state index contributed by atoms with van der Waals surface area (Å²) in [5, 5.41) is 0. The molecule has 5 rings (SSSR count). The molecule has 13 heteroatoms. The van der Waals surface area contributed by atoms with Crippen LogP contribution in [-0.4, -0.2) is 60.1 Å². The molecular formula is C30H34F3N5O4S. The van der Waals surface area contributed by atoms with Crippen LogP contribution >= 0.6 is 0 Å². The molecule has 230 valence electrons. The number of nitrogens with one attached hydrogen (secondary N) is 1. The molecule has 43 heavy (non-hydrogen) atoms. The zero-order valence-electron chi connectivity index (χ0n) is 24.3. The summed E-state index contributed by atoms with van der Waals surface area (Å²) in [6.07, 6.45) is -4.24. The minimum atomic E-state index is -4.56. The van der Waals surface area contributed by atoms with Crippen molar-refractivity contribution < 1.29 is 31.1 Å². The molecule has 1 aliphatic carbocycles. The Morgan fingerprint density at radius 3 is 2.33 bits per heavy atom. The van der Waals surface area contributed by atoms with Crippen molar-refractivity contribution in [1.82, 2.24) is 14.9 Å². The second-order valence-corrected chi connectivity index (χ2v) is 13.6. The van der Waals surface area contributed by atoms with E-state index in [1.54, 1.807) is 0 Å². The Hall–Kier alpha value is -3.71. The number of amides is 1. The number of hydrogen-bond acceptors (Lipinski definition) is 7. The number of carbonyl (C=O) groups is 1. The number of nitrogens with zero attached hydrogens (tertiary/aromatic N) is 3. The minimum absolute atomic E-state index is 0.0151. The van der Waals surface area contributed by atoms with Gasteiger partial charge in [-0.2, -0.15) is 18.2 Å². The van der Waals surface area contributed by atoms with Gasteiger partial charge in [0.15, 0.2) is 0 Å². The third kappa shape index (κ3) is 6.19. The SMILES string of the molecule is Cc1cccc(C)c1-c1cc2nc(n1)NS(=O)(=O)c1cccc(c1)C(=O)N(C1CC(N)C1)[C@H](CC(C)(C)C(F)(F)F)CO2. The Bertz CT molecular complexity index is 1640. The van der Waals surface area contributed by atoms with Gasteiger partial charge in [0.25, 0.3) is 15.9 Å². The van der Waals surface area contributed by atoms with Crippen molar-refractivity contribution in [2.45, 2.75) is 76.2 Å². The predicted octanol–water partition coefficient (Wildman–Crippen LogP) is 5.23. The van der Waals surface area contributed by atoms with E-state index in [0.717, 1.165) is 30.5 Å². The molecule has 9 nitrogen and oxygen atoms in total. The number of fused-ring (bicyclic) bond motifs is 4. The van der Waals surface area contributed by atoms with Crippen LogP contribution in [0.5, 0.6) is 5.88 Å². The number of alkyl halides is 3. The van der Waals surface area contributed by atoms with E-state index < -0.39 is 46.0 Å². The van der Waals surface area contributed by atoms with Crippen LogP contribution in [0.1, 0.15) is 54.6 Å². The number of benzene rings is 2. The second-order valence-electron chi connectivity index (χ2n) is 12.0. The van der Waals surface area contributed by atoms with Gasteiger partial charge < -0.3 is 15.4 Å². The molecule has 2 aliphatic rings. The number of hydrogen-bond donors (Lipinski definition) is 2. The zero-order valence-corrected chi connectivity index (χ0v) is 25.1. The number of ether oxygens (including phenoxy) is 1. The summed E-state index contributed by atoms with van der Waals surface area (Å²) >= 11 is 0. The fourth-order valence-electron chi connectivity index (χ4n) is 5.63. The van der Waals surface area contributed by atoms with Gasteiger partial charge in [-0.15, -0.1) is 0 Å². The van der Waals surface area contributed by atoms with E-state index in [4.69, 9.17) is 10.5 Å². The van der Waals surface area contributed by atoms with Gasteiger partial charge in [-0.1, -0.05) is 38.1 Å². The summed E-state index contributed by atoms with van der Waals surface area (Å²) in [6, 6.07) is 10.8. The first kappa shape index (κ1) is 30.7. The summed E-state index contributed by atoms with van der Waals surface area (Å²) in [5.41, 5.74) is 6.71. The molecule has 1 atom stereocenters. The third-order valence-corrected chi connectivity index (χ3v) is 9.49. The normalized spacial score (nSPS) is 22.3. The fourth-order valence-corrected chi connectivity index (χ4v) is 6.62. The summed E-state index contributed by atoms with van der Waals surface area (Å²) in [5.74, 6) is -0.933. The minimum Gasteiger partial charge on any atom is -0.475 e. The number of anilines is 1. The predicted molar refractivity (Wildman–Crippen MR) is 155 cm³/mol. The van der Waals surface area contributed by atoms with Crippen molar-refractivity contribution >= 4 is 21.9 Å². The molecule has 0 saturated heterocycles. The molecular weight excluding hydrogens is 583 g/mol. The van der Waals surface area contributed by atoms with Crippen molar-refractivity contribution in [3.63, 3.8) is 0 Å². The molecule has 4 bridgehead atoms. The number of halogens is 3. The molecule has 0 unspecified atom stereocenters. The van der Waals surface area contributed by atoms with E-state index in [1.807, 2.05) is 32.0 Å². The van der Waals surface area contributed by atoms with E-state index in [-0.39, 0.29) is 34.9 Å². The van der Waals surface area contributed by atoms with Crippen LogP contribution in [0.15, 0.2) is 53.4 Å². The maximum Gasteiger partial charge on any atom is 0.394 e. The molecule has 2 aromatic carbocycles. The molecule has 3 aromatic rings. The van der Waals surface area contributed by atoms with Gasteiger partial charge in [-0.3, -0.25) is 4.79 Å². The lowest BCUT2D eigenvalue weighted by atomic mass is 9.80. The van der Waals surface area contributed by atoms with Gasteiger partial charge >= 0.3 is 6.18 Å². The quantitative estimate of drug-likeness (QED) is 0.410. The van der Waals surface area contributed by atoms with Crippen molar-refractivity contribution in [2.75, 3.05) is 11.3 Å². The Morgan fingerprint density at radius 1 is 1.05 bits per heavy atom. The first-order valence-corrected chi connectivity index (χ1v) is 15.4. The monoisotopic (exact) mass is 617 g/mol. The number of sulfonamides is 1. The van der Waals surface area contributed by atoms with E-state index >= 15 is 0 Å². The zero-order chi connectivity index (χ0) is 31.3. The largest absolute Gasteiger partial charge is 0.475 e. The van der Waals surface area contributed by atoms with Crippen LogP contribution in [-0.2, 0) is 10.0 Å². The molecule has 2 heterocycles. The summed E-state index contributed by atoms with van der Waals surface area (Å²) < 4.78 is 77.8. The number of carbonyl (C=O) groups excluding carboxylic acids is 1. The van der Waals surface area contributed by atoms with E-state index in [9.17, 15) is 26.4 Å². The Kier molecular flexibility index (Phi) is 7.93. The van der Waals surface area contributed by atoms with Gasteiger partial charge in [0.1, 0.15) is 6.61 Å². The topological polar surface area (TPSA) is 128 Å². The average molecular weight is 618 g/mol. The van der Waals surface area contributed by atoms with Gasteiger partial charge in [0.2, 0.25) is 11.8 Å². The van der Waals surface area contributed by atoms with Crippen molar-refractivity contribution in [2.24, 2.45) is 11.1 Å². The summed E-state index contributed by atoms with van der Waals surface area (Å²) in [4.78, 5) is 23.9. The van der Waals surface area contributed by atoms with Crippen molar-refractivity contribution in [3.05, 3.63) is 65.2 Å². The molecule has 1 aromatic heterocycles. The average Bonchev–Trinajstić information content (AvgIpc) is 2.89. The first-order chi connectivity index (χ1) is 20.1. The molecule has 3 N–H and O–H groups in total. The highest BCUT2D eigenvalue weighted by Crippen LogP contribution is 2.43. The van der Waals surface area contributed by atoms with Crippen LogP contribution in [0, 0.1) is 19.3 Å². The van der Waals surface area contributed by atoms with Crippen LogP contribution < -0.4 is 15.2 Å². The highest BCUT2D eigenvalue weighted by atomic mass is 32.2. The standard InChI is InChI=1S/C30H34F3N5O4S/c1-17-7-5-8-18(2)26(17)24-14-25-36-28(35-24)37-43(40,41)23-10-6-9-19(11-23)27(39)38(21-12-20(34)13-21)22(16-42-25)15-29(3,4)30(31,32)33/h5-11,14,20-22H,12-13,15-16,34H2,1-4H3,(H,35,36,37)/t20?,21?,22-/m1/s1. The van der Waals surface area contributed by atoms with Gasteiger partial charge in [-0.25, -0.2) is 18.1 Å². The van der Waals surface area contributed by atoms with Gasteiger partial charge in [0, 0.05) is 29.3 Å². The highest BCUT2D eigenvalue weighted by molar-refractivity contribution is 7.92. The summed E-state index contributed by atoms with van der Waals surface area (Å²) in [6.45, 7) is 5.60. The Morgan fingerprint density at radius 2 is 1.70 bits per heavy atom. The molecule has 1 saturated carbocycles. The molecule has 1 aliphatic heterocycles. The summed E-state index contributed by atoms with van der Waals surface area (Å²) in [7, 11) is -4.27. The van der Waals surface area contributed by atoms with Crippen molar-refractivity contribution in [1.29, 1.82) is 0 Å². The second kappa shape index (κ2) is 11.1. The highest BCUT2D eigenvalue weighted by Gasteiger charge is 2.50. The maximum absolute atomic E-state index is 14.2.